The van der Waals surface area contributed by atoms with Crippen LogP contribution in [0.2, 0.25) is 0 Å². The molecule has 2 rings (SSSR count). The van der Waals surface area contributed by atoms with Crippen molar-refractivity contribution in [3.05, 3.63) is 32.6 Å². The zero-order valence-corrected chi connectivity index (χ0v) is 10.9. The topological polar surface area (TPSA) is 98.1 Å². The van der Waals surface area contributed by atoms with E-state index in [-0.39, 0.29) is 11.6 Å². The number of carbonyl (C=O) groups excluding carboxylic acids is 1. The van der Waals surface area contributed by atoms with Crippen LogP contribution < -0.4 is 16.6 Å². The lowest BCUT2D eigenvalue weighted by Crippen LogP contribution is -2.40. The van der Waals surface area contributed by atoms with E-state index in [2.05, 4.69) is 10.3 Å². The third kappa shape index (κ3) is 3.54. The fraction of sp³-hybridized carbons (Fsp3) is 0.583. The summed E-state index contributed by atoms with van der Waals surface area (Å²) in [4.78, 5) is 40.3. The van der Waals surface area contributed by atoms with Gasteiger partial charge in [0.25, 0.3) is 11.5 Å². The second-order valence-electron chi connectivity index (χ2n) is 4.90. The molecule has 0 aromatic carbocycles. The number of aromatic nitrogens is 2. The molecule has 0 spiro atoms. The van der Waals surface area contributed by atoms with Crippen molar-refractivity contribution in [3.8, 4) is 0 Å². The van der Waals surface area contributed by atoms with Crippen LogP contribution in [0.4, 0.5) is 0 Å². The molecule has 2 heterocycles. The van der Waals surface area contributed by atoms with E-state index in [1.807, 2.05) is 4.98 Å². The number of aromatic amines is 2. The normalized spacial score (nSPS) is 19.1. The lowest BCUT2D eigenvalue weighted by atomic mass is 9.99. The molecule has 104 valence electrons. The predicted octanol–water partition coefficient (Wildman–Crippen LogP) is -0.865. The smallest absolute Gasteiger partial charge is 0.326 e. The van der Waals surface area contributed by atoms with Gasteiger partial charge in [0.05, 0.1) is 0 Å². The van der Waals surface area contributed by atoms with E-state index >= 15 is 0 Å². The van der Waals surface area contributed by atoms with Crippen molar-refractivity contribution in [2.24, 2.45) is 5.92 Å². The fourth-order valence-corrected chi connectivity index (χ4v) is 2.34. The van der Waals surface area contributed by atoms with Crippen molar-refractivity contribution < 1.29 is 4.79 Å². The molecule has 0 bridgehead atoms. The minimum absolute atomic E-state index is 0.0278. The summed E-state index contributed by atoms with van der Waals surface area (Å²) in [6.07, 6.45) is 2.19. The third-order valence-electron chi connectivity index (χ3n) is 3.27. The van der Waals surface area contributed by atoms with E-state index in [1.165, 1.54) is 0 Å². The van der Waals surface area contributed by atoms with Gasteiger partial charge < -0.3 is 15.2 Å². The van der Waals surface area contributed by atoms with Crippen molar-refractivity contribution in [3.63, 3.8) is 0 Å². The lowest BCUT2D eigenvalue weighted by Gasteiger charge is -2.27. The standard InChI is InChI=1S/C12H18N4O3/c1-16(7-8-3-2-4-13-6-8)11(18)9-5-10(17)15-12(19)14-9/h5,8,13H,2-4,6-7H2,1H3,(H2,14,15,17,19). The molecule has 1 amide bonds. The molecular weight excluding hydrogens is 248 g/mol. The summed E-state index contributed by atoms with van der Waals surface area (Å²) >= 11 is 0. The molecule has 7 nitrogen and oxygen atoms in total. The molecule has 0 aliphatic carbocycles. The Labute approximate surface area is 110 Å². The second kappa shape index (κ2) is 5.83. The number of amides is 1. The average molecular weight is 266 g/mol. The number of piperidine rings is 1. The van der Waals surface area contributed by atoms with Crippen LogP contribution in [0.1, 0.15) is 23.3 Å². The first-order valence-electron chi connectivity index (χ1n) is 6.36. The monoisotopic (exact) mass is 266 g/mol. The van der Waals surface area contributed by atoms with Crippen molar-refractivity contribution >= 4 is 5.91 Å². The van der Waals surface area contributed by atoms with Gasteiger partial charge in [-0.1, -0.05) is 0 Å². The highest BCUT2D eigenvalue weighted by molar-refractivity contribution is 5.91. The van der Waals surface area contributed by atoms with Crippen LogP contribution in [0, 0.1) is 5.92 Å². The number of rotatable bonds is 3. The van der Waals surface area contributed by atoms with Crippen LogP contribution in [-0.4, -0.2) is 47.5 Å². The molecule has 0 radical (unpaired) electrons. The predicted molar refractivity (Wildman–Crippen MR) is 70.2 cm³/mol. The molecule has 1 aliphatic rings. The minimum Gasteiger partial charge on any atom is -0.340 e. The molecule has 1 unspecified atom stereocenters. The summed E-state index contributed by atoms with van der Waals surface area (Å²) in [6.45, 7) is 2.53. The Hall–Kier alpha value is -1.89. The quantitative estimate of drug-likeness (QED) is 0.662. The third-order valence-corrected chi connectivity index (χ3v) is 3.27. The molecule has 1 atom stereocenters. The van der Waals surface area contributed by atoms with E-state index in [9.17, 15) is 14.4 Å². The zero-order valence-electron chi connectivity index (χ0n) is 10.9. The number of hydrogen-bond donors (Lipinski definition) is 3. The molecule has 7 heteroatoms. The first kappa shape index (κ1) is 13.5. The van der Waals surface area contributed by atoms with Crippen molar-refractivity contribution in [2.75, 3.05) is 26.7 Å². The number of H-pyrrole nitrogens is 2. The van der Waals surface area contributed by atoms with Crippen LogP contribution in [0.3, 0.4) is 0 Å². The first-order valence-corrected chi connectivity index (χ1v) is 6.36. The van der Waals surface area contributed by atoms with Crippen LogP contribution in [0.5, 0.6) is 0 Å². The molecule has 3 N–H and O–H groups in total. The maximum Gasteiger partial charge on any atom is 0.326 e. The van der Waals surface area contributed by atoms with E-state index in [4.69, 9.17) is 0 Å². The van der Waals surface area contributed by atoms with Gasteiger partial charge >= 0.3 is 5.69 Å². The Morgan fingerprint density at radius 1 is 1.42 bits per heavy atom. The van der Waals surface area contributed by atoms with Crippen molar-refractivity contribution in [1.29, 1.82) is 0 Å². The van der Waals surface area contributed by atoms with E-state index in [1.54, 1.807) is 11.9 Å². The lowest BCUT2D eigenvalue weighted by molar-refractivity contribution is 0.0758. The molecule has 1 fully saturated rings. The second-order valence-corrected chi connectivity index (χ2v) is 4.90. The van der Waals surface area contributed by atoms with Gasteiger partial charge in [0.1, 0.15) is 5.69 Å². The summed E-state index contributed by atoms with van der Waals surface area (Å²) in [5, 5.41) is 3.29. The van der Waals surface area contributed by atoms with E-state index in [0.29, 0.717) is 12.5 Å². The van der Waals surface area contributed by atoms with Crippen molar-refractivity contribution in [2.45, 2.75) is 12.8 Å². The molecule has 1 aromatic heterocycles. The van der Waals surface area contributed by atoms with Gasteiger partial charge in [-0.05, 0) is 31.8 Å². The van der Waals surface area contributed by atoms with E-state index < -0.39 is 11.2 Å². The Bertz CT molecular complexity index is 528. The molecule has 1 aliphatic heterocycles. The van der Waals surface area contributed by atoms with Gasteiger partial charge in [-0.2, -0.15) is 0 Å². The van der Waals surface area contributed by atoms with Crippen LogP contribution >= 0.6 is 0 Å². The van der Waals surface area contributed by atoms with Crippen molar-refractivity contribution in [1.82, 2.24) is 20.2 Å². The number of nitrogens with one attached hydrogen (secondary N) is 3. The summed E-state index contributed by atoms with van der Waals surface area (Å²) in [6, 6.07) is 1.11. The number of carbonyl (C=O) groups is 1. The highest BCUT2D eigenvalue weighted by atomic mass is 16.2. The summed E-state index contributed by atoms with van der Waals surface area (Å²) < 4.78 is 0. The first-order chi connectivity index (χ1) is 9.06. The number of nitrogens with zero attached hydrogens (tertiary/aromatic N) is 1. The van der Waals surface area contributed by atoms with E-state index in [0.717, 1.165) is 32.0 Å². The largest absolute Gasteiger partial charge is 0.340 e. The van der Waals surface area contributed by atoms with Gasteiger partial charge in [-0.15, -0.1) is 0 Å². The van der Waals surface area contributed by atoms with Gasteiger partial charge in [-0.25, -0.2) is 4.79 Å². The Kier molecular flexibility index (Phi) is 4.16. The summed E-state index contributed by atoms with van der Waals surface area (Å²) in [7, 11) is 1.68. The Morgan fingerprint density at radius 2 is 2.21 bits per heavy atom. The molecular formula is C12H18N4O3. The SMILES string of the molecule is CN(CC1CCCNC1)C(=O)c1cc(=O)[nH]c(=O)[nH]1. The average Bonchev–Trinajstić information content (AvgIpc) is 2.37. The highest BCUT2D eigenvalue weighted by Crippen LogP contribution is 2.11. The Balaban J connectivity index is 2.05. The molecule has 19 heavy (non-hydrogen) atoms. The zero-order chi connectivity index (χ0) is 13.8. The Morgan fingerprint density at radius 3 is 2.84 bits per heavy atom. The minimum atomic E-state index is -0.663. The van der Waals surface area contributed by atoms with Crippen LogP contribution in [0.15, 0.2) is 15.7 Å². The summed E-state index contributed by atoms with van der Waals surface area (Å²) in [5.74, 6) is 0.0743. The molecule has 1 saturated heterocycles. The molecule has 0 saturated carbocycles. The highest BCUT2D eigenvalue weighted by Gasteiger charge is 2.19. The van der Waals surface area contributed by atoms with Gasteiger partial charge in [0, 0.05) is 19.7 Å². The number of hydrogen-bond acceptors (Lipinski definition) is 4. The van der Waals surface area contributed by atoms with Crippen LogP contribution in [-0.2, 0) is 0 Å². The maximum atomic E-state index is 12.1. The van der Waals surface area contributed by atoms with Gasteiger partial charge in [0.2, 0.25) is 0 Å². The summed E-state index contributed by atoms with van der Waals surface area (Å²) in [5.41, 5.74) is -1.21. The maximum absolute atomic E-state index is 12.1. The fourth-order valence-electron chi connectivity index (χ4n) is 2.34. The van der Waals surface area contributed by atoms with Gasteiger partial charge in [-0.3, -0.25) is 14.6 Å². The van der Waals surface area contributed by atoms with Crippen LogP contribution in [0.25, 0.3) is 0 Å². The molecule has 1 aromatic rings. The van der Waals surface area contributed by atoms with Gasteiger partial charge in [0.15, 0.2) is 0 Å².